The Balaban J connectivity index is 1.77. The van der Waals surface area contributed by atoms with Crippen molar-refractivity contribution in [2.45, 2.75) is 103 Å². The quantitative estimate of drug-likeness (QED) is 0.578. The number of aryl methyl sites for hydroxylation is 1. The molecule has 0 aromatic heterocycles. The minimum absolute atomic E-state index is 0.0261. The lowest BCUT2D eigenvalue weighted by molar-refractivity contribution is 0.00578. The highest BCUT2D eigenvalue weighted by atomic mass is 16.7. The highest BCUT2D eigenvalue weighted by Crippen LogP contribution is 2.46. The lowest BCUT2D eigenvalue weighted by atomic mass is 9.50. The van der Waals surface area contributed by atoms with E-state index >= 15 is 0 Å². The van der Waals surface area contributed by atoms with Crippen LogP contribution in [0.1, 0.15) is 73.8 Å². The Labute approximate surface area is 183 Å². The topological polar surface area (TPSA) is 46.2 Å². The molecule has 2 heterocycles. The SMILES string of the molecule is COc1ccccc1CCCC(B1OC(C)(C)C(C)(C)O1)B1OC(C)(C)C(C)(C)O1. The summed E-state index contributed by atoms with van der Waals surface area (Å²) in [6, 6.07) is 8.18. The number of rotatable bonds is 7. The van der Waals surface area contributed by atoms with E-state index in [-0.39, 0.29) is 42.4 Å². The zero-order valence-electron chi connectivity index (χ0n) is 20.2. The second kappa shape index (κ2) is 8.16. The maximum atomic E-state index is 6.42. The minimum atomic E-state index is -0.387. The molecule has 0 saturated carbocycles. The van der Waals surface area contributed by atoms with E-state index in [1.54, 1.807) is 7.11 Å². The van der Waals surface area contributed by atoms with Crippen LogP contribution in [0.4, 0.5) is 0 Å². The van der Waals surface area contributed by atoms with Crippen molar-refractivity contribution in [1.82, 2.24) is 0 Å². The summed E-state index contributed by atoms with van der Waals surface area (Å²) >= 11 is 0. The minimum Gasteiger partial charge on any atom is -0.496 e. The van der Waals surface area contributed by atoms with Crippen molar-refractivity contribution in [2.24, 2.45) is 0 Å². The summed E-state index contributed by atoms with van der Waals surface area (Å²) in [5.74, 6) is 0.931. The van der Waals surface area contributed by atoms with Gasteiger partial charge in [-0.15, -0.1) is 0 Å². The van der Waals surface area contributed by atoms with Crippen molar-refractivity contribution in [1.29, 1.82) is 0 Å². The summed E-state index contributed by atoms with van der Waals surface area (Å²) in [7, 11) is 0.973. The van der Waals surface area contributed by atoms with Crippen molar-refractivity contribution < 1.29 is 23.4 Å². The number of benzene rings is 1. The molecule has 2 aliphatic rings. The molecule has 2 fully saturated rings. The van der Waals surface area contributed by atoms with Gasteiger partial charge in [0.1, 0.15) is 5.75 Å². The first-order valence-electron chi connectivity index (χ1n) is 11.1. The van der Waals surface area contributed by atoms with Crippen LogP contribution in [0, 0.1) is 0 Å². The van der Waals surface area contributed by atoms with Crippen LogP contribution in [0.25, 0.3) is 0 Å². The second-order valence-electron chi connectivity index (χ2n) is 10.6. The summed E-state index contributed by atoms with van der Waals surface area (Å²) in [6.45, 7) is 16.7. The van der Waals surface area contributed by atoms with Crippen LogP contribution in [0.5, 0.6) is 5.75 Å². The molecular formula is C23H38B2O5. The van der Waals surface area contributed by atoms with Crippen LogP contribution < -0.4 is 4.74 Å². The van der Waals surface area contributed by atoms with E-state index in [9.17, 15) is 0 Å². The van der Waals surface area contributed by atoms with E-state index in [2.05, 4.69) is 67.5 Å². The van der Waals surface area contributed by atoms with Gasteiger partial charge in [-0.25, -0.2) is 0 Å². The van der Waals surface area contributed by atoms with Crippen molar-refractivity contribution in [2.75, 3.05) is 7.11 Å². The van der Waals surface area contributed by atoms with E-state index < -0.39 is 0 Å². The fourth-order valence-electron chi connectivity index (χ4n) is 3.97. The van der Waals surface area contributed by atoms with Gasteiger partial charge in [-0.1, -0.05) is 24.6 Å². The lowest BCUT2D eigenvalue weighted by Crippen LogP contribution is -2.41. The van der Waals surface area contributed by atoms with E-state index in [0.717, 1.165) is 25.0 Å². The van der Waals surface area contributed by atoms with Gasteiger partial charge in [0.05, 0.1) is 29.5 Å². The molecule has 30 heavy (non-hydrogen) atoms. The Morgan fingerprint density at radius 2 is 1.20 bits per heavy atom. The molecule has 0 radical (unpaired) electrons. The van der Waals surface area contributed by atoms with Crippen LogP contribution in [0.3, 0.4) is 0 Å². The third-order valence-corrected chi connectivity index (χ3v) is 7.42. The van der Waals surface area contributed by atoms with E-state index in [4.69, 9.17) is 23.4 Å². The third-order valence-electron chi connectivity index (χ3n) is 7.42. The van der Waals surface area contributed by atoms with E-state index in [0.29, 0.717) is 0 Å². The van der Waals surface area contributed by atoms with Crippen molar-refractivity contribution in [3.63, 3.8) is 0 Å². The molecule has 7 heteroatoms. The van der Waals surface area contributed by atoms with Crippen LogP contribution in [0.15, 0.2) is 24.3 Å². The number of hydrogen-bond acceptors (Lipinski definition) is 5. The first kappa shape index (κ1) is 23.6. The van der Waals surface area contributed by atoms with Gasteiger partial charge in [-0.2, -0.15) is 0 Å². The van der Waals surface area contributed by atoms with Crippen LogP contribution in [0.2, 0.25) is 5.72 Å². The molecule has 0 spiro atoms. The van der Waals surface area contributed by atoms with Gasteiger partial charge in [0, 0.05) is 5.72 Å². The summed E-state index contributed by atoms with van der Waals surface area (Å²) in [6.07, 6.45) is 2.74. The average Bonchev–Trinajstić information content (AvgIpc) is 2.98. The van der Waals surface area contributed by atoms with Gasteiger partial charge in [0.25, 0.3) is 0 Å². The Morgan fingerprint density at radius 3 is 1.63 bits per heavy atom. The van der Waals surface area contributed by atoms with Crippen molar-refractivity contribution in [3.8, 4) is 5.75 Å². The van der Waals surface area contributed by atoms with Crippen LogP contribution in [-0.2, 0) is 25.0 Å². The molecule has 5 nitrogen and oxygen atoms in total. The maximum Gasteiger partial charge on any atom is 0.458 e. The van der Waals surface area contributed by atoms with Crippen molar-refractivity contribution in [3.05, 3.63) is 29.8 Å². The number of ether oxygens (including phenoxy) is 1. The molecular weight excluding hydrogens is 378 g/mol. The predicted molar refractivity (Wildman–Crippen MR) is 122 cm³/mol. The summed E-state index contributed by atoms with van der Waals surface area (Å²) < 4.78 is 31.2. The van der Waals surface area contributed by atoms with Crippen LogP contribution >= 0.6 is 0 Å². The second-order valence-corrected chi connectivity index (χ2v) is 10.6. The molecule has 1 aromatic rings. The largest absolute Gasteiger partial charge is 0.496 e. The van der Waals surface area contributed by atoms with Crippen LogP contribution in [-0.4, -0.2) is 43.8 Å². The van der Waals surface area contributed by atoms with Gasteiger partial charge in [-0.3, -0.25) is 0 Å². The molecule has 2 aliphatic heterocycles. The van der Waals surface area contributed by atoms with E-state index in [1.807, 2.05) is 12.1 Å². The van der Waals surface area contributed by atoms with Gasteiger partial charge < -0.3 is 23.4 Å². The predicted octanol–water partition coefficient (Wildman–Crippen LogP) is 5.11. The summed E-state index contributed by atoms with van der Waals surface area (Å²) in [5, 5.41) is 0. The molecule has 0 unspecified atom stereocenters. The molecule has 2 saturated heterocycles. The Kier molecular flexibility index (Phi) is 6.43. The monoisotopic (exact) mass is 416 g/mol. The Hall–Kier alpha value is -1.01. The number of methoxy groups -OCH3 is 1. The summed E-state index contributed by atoms with van der Waals surface area (Å²) in [5.41, 5.74) is -0.363. The van der Waals surface area contributed by atoms with Gasteiger partial charge in [0.2, 0.25) is 0 Å². The average molecular weight is 416 g/mol. The molecule has 0 atom stereocenters. The summed E-state index contributed by atoms with van der Waals surface area (Å²) in [4.78, 5) is 0. The standard InChI is InChI=1S/C23H38B2O5/c1-20(2)21(3,4)28-24(27-20)19(25-29-22(5,6)23(7,8)30-25)16-12-14-17-13-10-11-15-18(17)26-9/h10-11,13,15,19H,12,14,16H2,1-9H3. The smallest absolute Gasteiger partial charge is 0.458 e. The number of hydrogen-bond donors (Lipinski definition) is 0. The van der Waals surface area contributed by atoms with Crippen molar-refractivity contribution >= 4 is 14.2 Å². The Bertz CT molecular complexity index is 679. The van der Waals surface area contributed by atoms with Gasteiger partial charge >= 0.3 is 14.2 Å². The van der Waals surface area contributed by atoms with Gasteiger partial charge in [-0.05, 0) is 79.9 Å². The van der Waals surface area contributed by atoms with Gasteiger partial charge in [0.15, 0.2) is 0 Å². The first-order valence-corrected chi connectivity index (χ1v) is 11.1. The van der Waals surface area contributed by atoms with E-state index in [1.165, 1.54) is 5.56 Å². The molecule has 3 rings (SSSR count). The lowest BCUT2D eigenvalue weighted by Gasteiger charge is -2.32. The fourth-order valence-corrected chi connectivity index (χ4v) is 3.97. The molecule has 1 aromatic carbocycles. The third kappa shape index (κ3) is 4.45. The first-order chi connectivity index (χ1) is 13.8. The highest BCUT2D eigenvalue weighted by Gasteiger charge is 2.61. The Morgan fingerprint density at radius 1 is 0.767 bits per heavy atom. The zero-order chi connectivity index (χ0) is 22.4. The molecule has 0 aliphatic carbocycles. The highest BCUT2D eigenvalue weighted by molar-refractivity contribution is 6.68. The maximum absolute atomic E-state index is 6.42. The molecule has 166 valence electrons. The fraction of sp³-hybridized carbons (Fsp3) is 0.739. The number of para-hydroxylation sites is 1. The molecule has 0 N–H and O–H groups in total. The molecule has 0 bridgehead atoms. The zero-order valence-corrected chi connectivity index (χ0v) is 20.2. The molecule has 0 amide bonds. The normalized spacial score (nSPS) is 23.9.